The molecule has 0 aliphatic heterocycles. The second-order valence-electron chi connectivity index (χ2n) is 5.92. The summed E-state index contributed by atoms with van der Waals surface area (Å²) in [5, 5.41) is 11.7. The zero-order chi connectivity index (χ0) is 19.3. The first-order chi connectivity index (χ1) is 12.0. The van der Waals surface area contributed by atoms with Crippen molar-refractivity contribution in [3.63, 3.8) is 0 Å². The summed E-state index contributed by atoms with van der Waals surface area (Å²) >= 11 is 6.05. The quantitative estimate of drug-likeness (QED) is 0.639. The molecule has 2 aromatic rings. The zero-order valence-electron chi connectivity index (χ0n) is 12.9. The Kier molecular flexibility index (Phi) is 5.15. The molecule has 1 aliphatic carbocycles. The van der Waals surface area contributed by atoms with E-state index in [9.17, 15) is 26.7 Å². The fourth-order valence-corrected chi connectivity index (χ4v) is 5.14. The second-order valence-corrected chi connectivity index (χ2v) is 9.37. The van der Waals surface area contributed by atoms with Crippen molar-refractivity contribution in [3.8, 4) is 5.75 Å². The number of hydrogen-bond donors (Lipinski definition) is 1. The van der Waals surface area contributed by atoms with Gasteiger partial charge in [0.25, 0.3) is 0 Å². The number of halogens is 5. The first kappa shape index (κ1) is 19.7. The van der Waals surface area contributed by atoms with Crippen molar-refractivity contribution >= 4 is 41.9 Å². The highest BCUT2D eigenvalue weighted by molar-refractivity contribution is 9.10. The molecule has 2 aromatic carbocycles. The summed E-state index contributed by atoms with van der Waals surface area (Å²) in [5.74, 6) is -0.223. The largest absolute Gasteiger partial charge is 0.417 e. The molecule has 0 saturated heterocycles. The fourth-order valence-electron chi connectivity index (χ4n) is 2.94. The Balaban J connectivity index is 1.90. The second kappa shape index (κ2) is 6.81. The van der Waals surface area contributed by atoms with Crippen LogP contribution in [-0.2, 0) is 34.1 Å². The molecule has 0 bridgehead atoms. The topological polar surface area (TPSA) is 66.1 Å². The van der Waals surface area contributed by atoms with Gasteiger partial charge in [0.2, 0.25) is 10.0 Å². The van der Waals surface area contributed by atoms with E-state index >= 15 is 0 Å². The van der Waals surface area contributed by atoms with E-state index in [4.69, 9.17) is 0 Å². The van der Waals surface area contributed by atoms with Gasteiger partial charge in [-0.1, -0.05) is 15.9 Å². The molecule has 0 amide bonds. The van der Waals surface area contributed by atoms with Gasteiger partial charge in [-0.25, -0.2) is 13.1 Å². The number of alkyl halides is 3. The van der Waals surface area contributed by atoms with E-state index < -0.39 is 32.7 Å². The molecule has 1 unspecified atom stereocenters. The van der Waals surface area contributed by atoms with Crippen LogP contribution >= 0.6 is 31.9 Å². The summed E-state index contributed by atoms with van der Waals surface area (Å²) in [5.41, 5.74) is 0.244. The van der Waals surface area contributed by atoms with Gasteiger partial charge >= 0.3 is 6.18 Å². The van der Waals surface area contributed by atoms with E-state index in [1.54, 1.807) is 6.07 Å². The van der Waals surface area contributed by atoms with E-state index in [0.717, 1.165) is 17.7 Å². The summed E-state index contributed by atoms with van der Waals surface area (Å²) in [6.45, 7) is 0. The maximum absolute atomic E-state index is 13.2. The third-order valence-corrected chi connectivity index (χ3v) is 6.74. The number of nitrogens with one attached hydrogen (secondary N) is 1. The minimum atomic E-state index is -4.81. The summed E-state index contributed by atoms with van der Waals surface area (Å²) in [6.07, 6.45) is -4.27. The number of hydrogen-bond acceptors (Lipinski definition) is 2. The van der Waals surface area contributed by atoms with E-state index in [1.807, 2.05) is 0 Å². The van der Waals surface area contributed by atoms with Crippen LogP contribution < -0.4 is 4.72 Å². The lowest BCUT2D eigenvalue weighted by molar-refractivity contribution is -0.139. The van der Waals surface area contributed by atoms with Gasteiger partial charge < -0.3 is 0 Å². The van der Waals surface area contributed by atoms with Gasteiger partial charge in [-0.05, 0) is 70.2 Å². The van der Waals surface area contributed by atoms with Gasteiger partial charge in [-0.15, -0.1) is 0 Å². The molecule has 0 saturated carbocycles. The van der Waals surface area contributed by atoms with Crippen molar-refractivity contribution < 1.29 is 26.7 Å². The lowest BCUT2D eigenvalue weighted by Gasteiger charge is -2.17. The summed E-state index contributed by atoms with van der Waals surface area (Å²) in [6, 6.07) is 5.31. The Morgan fingerprint density at radius 3 is 2.27 bits per heavy atom. The molecule has 139 valence electrons. The number of sulfonamides is 1. The van der Waals surface area contributed by atoms with Crippen LogP contribution in [0.3, 0.4) is 0 Å². The van der Waals surface area contributed by atoms with Crippen molar-refractivity contribution in [2.45, 2.75) is 30.0 Å². The SMILES string of the molecule is [O]c1cc2c(cc1Br)CC(NS(=O)(=O)c1ccc(Br)cc1C(F)(F)F)C2. The summed E-state index contributed by atoms with van der Waals surface area (Å²) in [4.78, 5) is -0.824. The smallest absolute Gasteiger partial charge is 0.289 e. The monoisotopic (exact) mass is 512 g/mol. The molecule has 1 atom stereocenters. The molecule has 26 heavy (non-hydrogen) atoms. The van der Waals surface area contributed by atoms with Gasteiger partial charge in [0.05, 0.1) is 14.9 Å². The average Bonchev–Trinajstić information content (AvgIpc) is 2.86. The molecule has 0 aromatic heterocycles. The van der Waals surface area contributed by atoms with E-state index in [-0.39, 0.29) is 16.6 Å². The molecule has 0 heterocycles. The van der Waals surface area contributed by atoms with E-state index in [0.29, 0.717) is 16.5 Å². The lowest BCUT2D eigenvalue weighted by atomic mass is 10.1. The Morgan fingerprint density at radius 1 is 1.04 bits per heavy atom. The highest BCUT2D eigenvalue weighted by Crippen LogP contribution is 2.37. The van der Waals surface area contributed by atoms with Gasteiger partial charge in [0, 0.05) is 10.5 Å². The van der Waals surface area contributed by atoms with E-state index in [2.05, 4.69) is 36.6 Å². The highest BCUT2D eigenvalue weighted by Gasteiger charge is 2.38. The molecular formula is C16H11Br2F3NO3S. The Hall–Kier alpha value is -1.10. The van der Waals surface area contributed by atoms with Crippen molar-refractivity contribution in [1.82, 2.24) is 4.72 Å². The Labute approximate surface area is 164 Å². The fraction of sp³-hybridized carbons (Fsp3) is 0.250. The molecule has 0 fully saturated rings. The number of fused-ring (bicyclic) bond motifs is 1. The average molecular weight is 514 g/mol. The van der Waals surface area contributed by atoms with Gasteiger partial charge in [-0.3, -0.25) is 5.11 Å². The van der Waals surface area contributed by atoms with Crippen LogP contribution in [0.2, 0.25) is 0 Å². The number of rotatable bonds is 3. The maximum Gasteiger partial charge on any atom is 0.417 e. The standard InChI is InChI=1S/C16H11Br2F3NO3S/c17-10-1-2-15(12(7-10)16(19,20)21)26(24,25)22-11-3-8-5-13(18)14(23)6-9(8)4-11/h1-2,5-7,11,22H,3-4H2. The van der Waals surface area contributed by atoms with Crippen LogP contribution in [-0.4, -0.2) is 14.5 Å². The van der Waals surface area contributed by atoms with Gasteiger partial charge in [0.15, 0.2) is 5.75 Å². The lowest BCUT2D eigenvalue weighted by Crippen LogP contribution is -2.36. The normalized spacial score (nSPS) is 17.3. The first-order valence-electron chi connectivity index (χ1n) is 7.35. The van der Waals surface area contributed by atoms with Crippen LogP contribution in [0.25, 0.3) is 0 Å². The number of benzene rings is 2. The molecule has 1 N–H and O–H groups in total. The summed E-state index contributed by atoms with van der Waals surface area (Å²) < 4.78 is 67.6. The predicted octanol–water partition coefficient (Wildman–Crippen LogP) is 4.82. The van der Waals surface area contributed by atoms with Crippen molar-refractivity contribution in [2.75, 3.05) is 0 Å². The van der Waals surface area contributed by atoms with E-state index in [1.165, 1.54) is 12.1 Å². The maximum atomic E-state index is 13.2. The Bertz CT molecular complexity index is 946. The van der Waals surface area contributed by atoms with Gasteiger partial charge in [0.1, 0.15) is 0 Å². The predicted molar refractivity (Wildman–Crippen MR) is 94.9 cm³/mol. The third kappa shape index (κ3) is 3.92. The first-order valence-corrected chi connectivity index (χ1v) is 10.4. The molecular weight excluding hydrogens is 503 g/mol. The minimum absolute atomic E-state index is 0.130. The molecule has 4 nitrogen and oxygen atoms in total. The Morgan fingerprint density at radius 2 is 1.65 bits per heavy atom. The molecule has 10 heteroatoms. The van der Waals surface area contributed by atoms with Crippen molar-refractivity contribution in [2.24, 2.45) is 0 Å². The molecule has 1 radical (unpaired) electrons. The molecule has 3 rings (SSSR count). The third-order valence-electron chi connectivity index (χ3n) is 4.05. The van der Waals surface area contributed by atoms with Gasteiger partial charge in [-0.2, -0.15) is 13.2 Å². The zero-order valence-corrected chi connectivity index (χ0v) is 16.9. The molecule has 1 aliphatic rings. The molecule has 0 spiro atoms. The van der Waals surface area contributed by atoms with Crippen molar-refractivity contribution in [3.05, 3.63) is 56.0 Å². The van der Waals surface area contributed by atoms with Crippen LogP contribution in [0, 0.1) is 0 Å². The van der Waals surface area contributed by atoms with Crippen LogP contribution in [0.1, 0.15) is 16.7 Å². The van der Waals surface area contributed by atoms with Crippen LogP contribution in [0.5, 0.6) is 5.75 Å². The minimum Gasteiger partial charge on any atom is -0.289 e. The highest BCUT2D eigenvalue weighted by atomic mass is 79.9. The van der Waals surface area contributed by atoms with Crippen molar-refractivity contribution in [1.29, 1.82) is 0 Å². The van der Waals surface area contributed by atoms with Crippen LogP contribution in [0.15, 0.2) is 44.2 Å². The summed E-state index contributed by atoms with van der Waals surface area (Å²) in [7, 11) is -4.39. The van der Waals surface area contributed by atoms with Crippen LogP contribution in [0.4, 0.5) is 13.2 Å².